The zero-order chi connectivity index (χ0) is 14.3. The molecule has 19 heavy (non-hydrogen) atoms. The molecule has 3 heteroatoms. The van der Waals surface area contributed by atoms with E-state index in [1.165, 1.54) is 0 Å². The fourth-order valence-electron chi connectivity index (χ4n) is 1.76. The van der Waals surface area contributed by atoms with Crippen LogP contribution in [0.1, 0.15) is 44.4 Å². The summed E-state index contributed by atoms with van der Waals surface area (Å²) in [6.07, 6.45) is 0.560. The topological polar surface area (TPSA) is 55.1 Å². The number of nitrogens with two attached hydrogens (primary N) is 1. The molecule has 1 aromatic carbocycles. The van der Waals surface area contributed by atoms with Crippen LogP contribution >= 0.6 is 0 Å². The zero-order valence-corrected chi connectivity index (χ0v) is 11.9. The maximum Gasteiger partial charge on any atom is 0.220 e. The van der Waals surface area contributed by atoms with E-state index in [-0.39, 0.29) is 11.9 Å². The molecule has 0 radical (unpaired) electrons. The minimum Gasteiger partial charge on any atom is -0.350 e. The summed E-state index contributed by atoms with van der Waals surface area (Å²) in [5.41, 5.74) is 7.35. The molecule has 0 saturated heterocycles. The number of benzene rings is 1. The molecule has 1 amide bonds. The lowest BCUT2D eigenvalue weighted by Gasteiger charge is -2.15. The second-order valence-corrected chi connectivity index (χ2v) is 5.02. The van der Waals surface area contributed by atoms with E-state index in [0.29, 0.717) is 18.9 Å². The van der Waals surface area contributed by atoms with E-state index in [4.69, 9.17) is 5.73 Å². The van der Waals surface area contributed by atoms with E-state index in [2.05, 4.69) is 17.2 Å². The Hall–Kier alpha value is -1.79. The Balaban J connectivity index is 2.62. The summed E-state index contributed by atoms with van der Waals surface area (Å²) < 4.78 is 0. The average Bonchev–Trinajstić information content (AvgIpc) is 2.35. The van der Waals surface area contributed by atoms with E-state index in [9.17, 15) is 4.79 Å². The number of rotatable bonds is 4. The molecular weight excluding hydrogens is 236 g/mol. The molecule has 3 N–H and O–H groups in total. The van der Waals surface area contributed by atoms with Gasteiger partial charge in [-0.2, -0.15) is 0 Å². The van der Waals surface area contributed by atoms with E-state index in [1.54, 1.807) is 0 Å². The first kappa shape index (κ1) is 15.3. The summed E-state index contributed by atoms with van der Waals surface area (Å²) in [6, 6.07) is 7.89. The first-order valence-corrected chi connectivity index (χ1v) is 6.61. The number of carbonyl (C=O) groups excluding carboxylic acids is 1. The maximum absolute atomic E-state index is 11.7. The van der Waals surface area contributed by atoms with Crippen LogP contribution in [0.25, 0.3) is 0 Å². The number of nitrogens with one attached hydrogen (secondary N) is 1. The van der Waals surface area contributed by atoms with Crippen LogP contribution in [-0.2, 0) is 4.79 Å². The molecule has 0 fully saturated rings. The van der Waals surface area contributed by atoms with Crippen molar-refractivity contribution in [2.24, 2.45) is 11.7 Å². The first-order valence-electron chi connectivity index (χ1n) is 6.61. The van der Waals surface area contributed by atoms with Gasteiger partial charge in [-0.25, -0.2) is 0 Å². The summed E-state index contributed by atoms with van der Waals surface area (Å²) in [4.78, 5) is 11.7. The lowest BCUT2D eigenvalue weighted by molar-refractivity contribution is -0.122. The Bertz CT molecular complexity index is 466. The highest BCUT2D eigenvalue weighted by atomic mass is 16.1. The van der Waals surface area contributed by atoms with Crippen molar-refractivity contribution in [3.63, 3.8) is 0 Å². The van der Waals surface area contributed by atoms with Crippen molar-refractivity contribution in [3.05, 3.63) is 35.4 Å². The molecule has 1 unspecified atom stereocenters. The van der Waals surface area contributed by atoms with Crippen molar-refractivity contribution in [1.82, 2.24) is 5.32 Å². The van der Waals surface area contributed by atoms with Crippen molar-refractivity contribution in [2.45, 2.75) is 33.2 Å². The number of amides is 1. The monoisotopic (exact) mass is 258 g/mol. The fourth-order valence-corrected chi connectivity index (χ4v) is 1.76. The van der Waals surface area contributed by atoms with Gasteiger partial charge < -0.3 is 11.1 Å². The van der Waals surface area contributed by atoms with Gasteiger partial charge in [-0.1, -0.05) is 37.8 Å². The van der Waals surface area contributed by atoms with Crippen LogP contribution in [0.4, 0.5) is 0 Å². The normalized spacial score (nSPS) is 11.6. The zero-order valence-electron chi connectivity index (χ0n) is 11.9. The van der Waals surface area contributed by atoms with Gasteiger partial charge >= 0.3 is 0 Å². The van der Waals surface area contributed by atoms with Gasteiger partial charge in [0, 0.05) is 12.0 Å². The summed E-state index contributed by atoms with van der Waals surface area (Å²) in [5, 5.41) is 3.00. The largest absolute Gasteiger partial charge is 0.350 e. The third kappa shape index (κ3) is 5.58. The Morgan fingerprint density at radius 3 is 2.42 bits per heavy atom. The van der Waals surface area contributed by atoms with Crippen molar-refractivity contribution in [3.8, 4) is 11.8 Å². The quantitative estimate of drug-likeness (QED) is 0.814. The van der Waals surface area contributed by atoms with E-state index >= 15 is 0 Å². The molecule has 0 spiro atoms. The highest BCUT2D eigenvalue weighted by Crippen LogP contribution is 2.13. The van der Waals surface area contributed by atoms with Gasteiger partial charge in [0.15, 0.2) is 0 Å². The van der Waals surface area contributed by atoms with Gasteiger partial charge in [-0.3, -0.25) is 4.79 Å². The van der Waals surface area contributed by atoms with Crippen molar-refractivity contribution in [1.29, 1.82) is 0 Å². The van der Waals surface area contributed by atoms with Gasteiger partial charge in [-0.05, 0) is 30.5 Å². The molecule has 0 aromatic heterocycles. The van der Waals surface area contributed by atoms with Gasteiger partial charge in [0.05, 0.1) is 12.6 Å². The third-order valence-corrected chi connectivity index (χ3v) is 2.72. The Morgan fingerprint density at radius 1 is 1.26 bits per heavy atom. The van der Waals surface area contributed by atoms with Crippen LogP contribution in [0.2, 0.25) is 0 Å². The molecule has 1 rings (SSSR count). The van der Waals surface area contributed by atoms with Gasteiger partial charge in [0.1, 0.15) is 0 Å². The summed E-state index contributed by atoms with van der Waals surface area (Å²) in [5.74, 6) is 6.26. The number of carbonyl (C=O) groups is 1. The predicted molar refractivity (Wildman–Crippen MR) is 78.4 cm³/mol. The van der Waals surface area contributed by atoms with E-state index in [1.807, 2.05) is 45.0 Å². The van der Waals surface area contributed by atoms with Crippen LogP contribution in [0.5, 0.6) is 0 Å². The average molecular weight is 258 g/mol. The number of hydrogen-bond acceptors (Lipinski definition) is 2. The standard InChI is InChI=1S/C16H22N2O/c1-12(2)11-16(19)18-13(3)15-8-6-14(7-9-15)5-4-10-17/h6-9,12-13H,10-11,17H2,1-3H3,(H,18,19). The summed E-state index contributed by atoms with van der Waals surface area (Å²) >= 11 is 0. The molecule has 0 aliphatic rings. The molecule has 0 aliphatic heterocycles. The van der Waals surface area contributed by atoms with E-state index in [0.717, 1.165) is 11.1 Å². The van der Waals surface area contributed by atoms with Gasteiger partial charge in [0.25, 0.3) is 0 Å². The lowest BCUT2D eigenvalue weighted by Crippen LogP contribution is -2.27. The highest BCUT2D eigenvalue weighted by Gasteiger charge is 2.10. The molecular formula is C16H22N2O. The second kappa shape index (κ2) is 7.60. The van der Waals surface area contributed by atoms with Crippen LogP contribution < -0.4 is 11.1 Å². The summed E-state index contributed by atoms with van der Waals surface area (Å²) in [7, 11) is 0. The van der Waals surface area contributed by atoms with E-state index < -0.39 is 0 Å². The van der Waals surface area contributed by atoms with Crippen LogP contribution in [0, 0.1) is 17.8 Å². The lowest BCUT2D eigenvalue weighted by atomic mass is 10.1. The summed E-state index contributed by atoms with van der Waals surface area (Å²) in [6.45, 7) is 6.42. The van der Waals surface area contributed by atoms with Crippen LogP contribution in [0.15, 0.2) is 24.3 Å². The maximum atomic E-state index is 11.7. The Kier molecular flexibility index (Phi) is 6.11. The van der Waals surface area contributed by atoms with Crippen molar-refractivity contribution >= 4 is 5.91 Å². The first-order chi connectivity index (χ1) is 9.02. The van der Waals surface area contributed by atoms with Crippen molar-refractivity contribution < 1.29 is 4.79 Å². The molecule has 0 heterocycles. The molecule has 0 bridgehead atoms. The Labute approximate surface area is 115 Å². The van der Waals surface area contributed by atoms with Crippen LogP contribution in [-0.4, -0.2) is 12.5 Å². The minimum atomic E-state index is 0.0165. The molecule has 1 atom stereocenters. The van der Waals surface area contributed by atoms with Gasteiger partial charge in [-0.15, -0.1) is 0 Å². The molecule has 3 nitrogen and oxygen atoms in total. The third-order valence-electron chi connectivity index (χ3n) is 2.72. The molecule has 0 saturated carbocycles. The smallest absolute Gasteiger partial charge is 0.220 e. The Morgan fingerprint density at radius 2 is 1.89 bits per heavy atom. The van der Waals surface area contributed by atoms with Crippen LogP contribution in [0.3, 0.4) is 0 Å². The molecule has 102 valence electrons. The SMILES string of the molecule is CC(C)CC(=O)NC(C)c1ccc(C#CCN)cc1. The minimum absolute atomic E-state index is 0.0165. The molecule has 0 aliphatic carbocycles. The highest BCUT2D eigenvalue weighted by molar-refractivity contribution is 5.76. The van der Waals surface area contributed by atoms with Gasteiger partial charge in [0.2, 0.25) is 5.91 Å². The predicted octanol–water partition coefficient (Wildman–Crippen LogP) is 2.22. The fraction of sp³-hybridized carbons (Fsp3) is 0.438. The number of hydrogen-bond donors (Lipinski definition) is 2. The molecule has 1 aromatic rings. The van der Waals surface area contributed by atoms with Crippen molar-refractivity contribution in [2.75, 3.05) is 6.54 Å². The second-order valence-electron chi connectivity index (χ2n) is 5.02.